The quantitative estimate of drug-likeness (QED) is 0.253. The minimum Gasteiger partial charge on any atom is -0.442 e. The van der Waals surface area contributed by atoms with Gasteiger partial charge in [-0.1, -0.05) is 11.6 Å². The number of ether oxygens (including phenoxy) is 2. The molecule has 2 aliphatic rings. The van der Waals surface area contributed by atoms with Gasteiger partial charge in [-0.3, -0.25) is 33.7 Å². The van der Waals surface area contributed by atoms with Crippen molar-refractivity contribution >= 4 is 87.6 Å². The van der Waals surface area contributed by atoms with Gasteiger partial charge in [0.15, 0.2) is 0 Å². The number of nitrogens with two attached hydrogens (primary N) is 1. The Morgan fingerprint density at radius 3 is 2.47 bits per heavy atom. The van der Waals surface area contributed by atoms with Crippen molar-refractivity contribution < 1.29 is 33.4 Å². The third-order valence-electron chi connectivity index (χ3n) is 6.51. The second kappa shape index (κ2) is 16.4. The van der Waals surface area contributed by atoms with E-state index in [2.05, 4.69) is 4.72 Å². The van der Waals surface area contributed by atoms with E-state index >= 15 is 0 Å². The van der Waals surface area contributed by atoms with E-state index in [0.717, 1.165) is 28.2 Å². The molecule has 12 nitrogen and oxygen atoms in total. The minimum atomic E-state index is -0.747. The normalized spacial score (nSPS) is 17.3. The second-order valence-corrected chi connectivity index (χ2v) is 12.3. The third kappa shape index (κ3) is 9.38. The van der Waals surface area contributed by atoms with E-state index < -0.39 is 30.1 Å². The van der Waals surface area contributed by atoms with Crippen LogP contribution in [0.4, 0.5) is 16.2 Å². The topological polar surface area (TPSA) is 152 Å². The molecule has 3 heterocycles. The van der Waals surface area contributed by atoms with Gasteiger partial charge in [-0.15, -0.1) is 23.7 Å². The number of halogens is 2. The first kappa shape index (κ1) is 34.8. The highest BCUT2D eigenvalue weighted by molar-refractivity contribution is 8.12. The van der Waals surface area contributed by atoms with E-state index in [-0.39, 0.29) is 49.5 Å². The van der Waals surface area contributed by atoms with E-state index in [9.17, 15) is 24.0 Å². The second-order valence-electron chi connectivity index (χ2n) is 9.71. The first-order chi connectivity index (χ1) is 20.1. The predicted molar refractivity (Wildman–Crippen MR) is 168 cm³/mol. The number of thiophene rings is 1. The summed E-state index contributed by atoms with van der Waals surface area (Å²) in [5.41, 5.74) is 6.79. The number of hydrogen-bond donors (Lipinski definition) is 2. The summed E-state index contributed by atoms with van der Waals surface area (Å²) >= 11 is 8.02. The predicted octanol–water partition coefficient (Wildman–Crippen LogP) is 3.46. The van der Waals surface area contributed by atoms with Gasteiger partial charge < -0.3 is 20.1 Å². The SMILES string of the molecule is C[C@@H](N)C(=O)SNCCCCC(=O)N(C[C@H]1CN(c2ccc(N3CCOCC3=O)cc2)C(=O)O1)C(=O)c1ccc(Cl)s1.Cl. The number of morpholine rings is 1. The molecule has 0 unspecified atom stereocenters. The maximum atomic E-state index is 13.3. The minimum absolute atomic E-state index is 0. The van der Waals surface area contributed by atoms with Crippen molar-refractivity contribution in [2.45, 2.75) is 38.3 Å². The summed E-state index contributed by atoms with van der Waals surface area (Å²) in [5, 5.41) is -0.180. The smallest absolute Gasteiger partial charge is 0.414 e. The molecule has 43 heavy (non-hydrogen) atoms. The van der Waals surface area contributed by atoms with Gasteiger partial charge in [0.05, 0.1) is 35.0 Å². The van der Waals surface area contributed by atoms with Crippen LogP contribution in [0.15, 0.2) is 36.4 Å². The highest BCUT2D eigenvalue weighted by atomic mass is 35.5. The Morgan fingerprint density at radius 1 is 1.14 bits per heavy atom. The summed E-state index contributed by atoms with van der Waals surface area (Å²) in [6, 6.07) is 9.50. The first-order valence-corrected chi connectivity index (χ1v) is 15.4. The van der Waals surface area contributed by atoms with Crippen LogP contribution in [0.1, 0.15) is 35.9 Å². The van der Waals surface area contributed by atoms with Gasteiger partial charge in [-0.25, -0.2) is 4.79 Å². The average molecular weight is 675 g/mol. The summed E-state index contributed by atoms with van der Waals surface area (Å²) in [7, 11) is 0. The zero-order chi connectivity index (χ0) is 30.2. The number of rotatable bonds is 12. The Labute approximate surface area is 268 Å². The number of nitrogens with one attached hydrogen (secondary N) is 1. The third-order valence-corrected chi connectivity index (χ3v) is 8.65. The van der Waals surface area contributed by atoms with Gasteiger partial charge >= 0.3 is 6.09 Å². The van der Waals surface area contributed by atoms with Crippen LogP contribution in [0.25, 0.3) is 0 Å². The van der Waals surface area contributed by atoms with Crippen molar-refractivity contribution in [3.05, 3.63) is 45.6 Å². The van der Waals surface area contributed by atoms with Crippen molar-refractivity contribution in [2.24, 2.45) is 5.73 Å². The van der Waals surface area contributed by atoms with E-state index in [1.165, 1.54) is 4.90 Å². The molecule has 1 aromatic carbocycles. The number of unbranched alkanes of at least 4 members (excludes halogenated alkanes) is 1. The summed E-state index contributed by atoms with van der Waals surface area (Å²) < 4.78 is 14.1. The molecule has 3 N–H and O–H groups in total. The molecule has 234 valence electrons. The molecule has 4 rings (SSSR count). The Bertz CT molecular complexity index is 1310. The first-order valence-electron chi connectivity index (χ1n) is 13.4. The molecule has 2 atom stereocenters. The summed E-state index contributed by atoms with van der Waals surface area (Å²) in [4.78, 5) is 67.5. The number of cyclic esters (lactones) is 1. The van der Waals surface area contributed by atoms with Crippen molar-refractivity contribution in [3.63, 3.8) is 0 Å². The zero-order valence-corrected chi connectivity index (χ0v) is 26.6. The van der Waals surface area contributed by atoms with Gasteiger partial charge in [0.1, 0.15) is 12.7 Å². The summed E-state index contributed by atoms with van der Waals surface area (Å²) in [6.07, 6.45) is -0.189. The fourth-order valence-corrected chi connectivity index (χ4v) is 5.88. The Morgan fingerprint density at radius 2 is 1.84 bits per heavy atom. The molecular formula is C27H33Cl2N5O7S2. The molecule has 0 bridgehead atoms. The Hall–Kier alpha value is -2.72. The van der Waals surface area contributed by atoms with Crippen LogP contribution in [-0.4, -0.2) is 85.4 Å². The average Bonchev–Trinajstić information content (AvgIpc) is 3.58. The fraction of sp³-hybridized carbons (Fsp3) is 0.444. The molecule has 0 aliphatic carbocycles. The van der Waals surface area contributed by atoms with E-state index in [0.29, 0.717) is 53.1 Å². The van der Waals surface area contributed by atoms with Crippen LogP contribution in [0.3, 0.4) is 0 Å². The number of carbonyl (C=O) groups excluding carboxylic acids is 5. The summed E-state index contributed by atoms with van der Waals surface area (Å²) in [5.74, 6) is -1.05. The maximum Gasteiger partial charge on any atom is 0.414 e. The summed E-state index contributed by atoms with van der Waals surface area (Å²) in [6.45, 7) is 3.02. The Balaban J connectivity index is 0.00000506. The van der Waals surface area contributed by atoms with Gasteiger partial charge in [-0.2, -0.15) is 0 Å². The molecule has 0 saturated carbocycles. The lowest BCUT2D eigenvalue weighted by Gasteiger charge is -2.27. The van der Waals surface area contributed by atoms with Crippen LogP contribution in [0, 0.1) is 0 Å². The number of carbonyl (C=O) groups is 5. The molecule has 2 saturated heterocycles. The number of benzene rings is 1. The monoisotopic (exact) mass is 673 g/mol. The lowest BCUT2D eigenvalue weighted by Crippen LogP contribution is -2.43. The molecule has 16 heteroatoms. The van der Waals surface area contributed by atoms with Crippen LogP contribution in [0.2, 0.25) is 4.34 Å². The van der Waals surface area contributed by atoms with E-state index in [1.54, 1.807) is 48.2 Å². The number of anilines is 2. The number of hydrogen-bond acceptors (Lipinski definition) is 11. The molecule has 0 radical (unpaired) electrons. The standard InChI is InChI=1S/C27H32ClN5O7S2.ClH/c1-17(29)26(37)42-30-11-3-2-4-23(34)33(25(36)21-9-10-22(28)41-21)15-20-14-32(27(38)40-20)19-7-5-18(6-8-19)31-12-13-39-16-24(31)35;/h5-10,17,20,30H,2-4,11-16,29H2,1H3;1H/t17-,20-;/m1./s1. The number of amides is 4. The van der Waals surface area contributed by atoms with E-state index in [4.69, 9.17) is 26.8 Å². The zero-order valence-electron chi connectivity index (χ0n) is 23.4. The van der Waals surface area contributed by atoms with Gasteiger partial charge in [-0.05, 0) is 68.1 Å². The van der Waals surface area contributed by atoms with Gasteiger partial charge in [0.25, 0.3) is 11.8 Å². The molecule has 1 aromatic heterocycles. The van der Waals surface area contributed by atoms with Crippen molar-refractivity contribution in [2.75, 3.05) is 49.2 Å². The fourth-order valence-electron chi connectivity index (χ4n) is 4.32. The number of nitrogens with zero attached hydrogens (tertiary/aromatic N) is 3. The van der Waals surface area contributed by atoms with Crippen molar-refractivity contribution in [1.29, 1.82) is 0 Å². The van der Waals surface area contributed by atoms with Crippen molar-refractivity contribution in [1.82, 2.24) is 9.62 Å². The van der Waals surface area contributed by atoms with Crippen LogP contribution in [0.5, 0.6) is 0 Å². The Kier molecular flexibility index (Phi) is 13.2. The lowest BCUT2D eigenvalue weighted by molar-refractivity contribution is -0.129. The van der Waals surface area contributed by atoms with E-state index in [1.807, 2.05) is 0 Å². The largest absolute Gasteiger partial charge is 0.442 e. The van der Waals surface area contributed by atoms with Crippen molar-refractivity contribution in [3.8, 4) is 0 Å². The highest BCUT2D eigenvalue weighted by Crippen LogP contribution is 2.27. The number of imide groups is 1. The van der Waals surface area contributed by atoms with Crippen LogP contribution >= 0.6 is 47.3 Å². The molecule has 2 aromatic rings. The molecule has 2 fully saturated rings. The lowest BCUT2D eigenvalue weighted by atomic mass is 10.2. The highest BCUT2D eigenvalue weighted by Gasteiger charge is 2.36. The molecule has 4 amide bonds. The van der Waals surface area contributed by atoms with Crippen LogP contribution in [-0.2, 0) is 23.9 Å². The van der Waals surface area contributed by atoms with Crippen LogP contribution < -0.4 is 20.3 Å². The van der Waals surface area contributed by atoms with Gasteiger partial charge in [0, 0.05) is 30.9 Å². The molecular weight excluding hydrogens is 641 g/mol. The molecule has 0 spiro atoms. The maximum absolute atomic E-state index is 13.3. The van der Waals surface area contributed by atoms with Gasteiger partial charge in [0.2, 0.25) is 11.0 Å². The molecule has 2 aliphatic heterocycles.